The van der Waals surface area contributed by atoms with E-state index in [1.54, 1.807) is 5.51 Å². The lowest BCUT2D eigenvalue weighted by molar-refractivity contribution is 0.120. The van der Waals surface area contributed by atoms with Crippen molar-refractivity contribution in [2.45, 2.75) is 12.6 Å². The summed E-state index contributed by atoms with van der Waals surface area (Å²) in [6.45, 7) is 1.18. The lowest BCUT2D eigenvalue weighted by Crippen LogP contribution is -2.14. The van der Waals surface area contributed by atoms with Gasteiger partial charge in [0.15, 0.2) is 6.16 Å². The largest absolute Gasteiger partial charge is 0.415 e. The zero-order chi connectivity index (χ0) is 9.15. The molecule has 13 heavy (non-hydrogen) atoms. The first-order chi connectivity index (χ1) is 6.29. The lowest BCUT2D eigenvalue weighted by atomic mass is 10.5. The van der Waals surface area contributed by atoms with E-state index in [9.17, 15) is 4.89 Å². The third-order valence-electron chi connectivity index (χ3n) is 1.72. The van der Waals surface area contributed by atoms with Crippen LogP contribution in [0.5, 0.6) is 0 Å². The van der Waals surface area contributed by atoms with Crippen LogP contribution in [-0.4, -0.2) is 23.1 Å². The van der Waals surface area contributed by atoms with E-state index in [1.165, 1.54) is 11.3 Å². The molecule has 1 aliphatic rings. The fraction of sp³-hybridized carbons (Fsp3) is 0.571. The van der Waals surface area contributed by atoms with Crippen molar-refractivity contribution >= 4 is 19.3 Å². The molecule has 1 aliphatic heterocycles. The van der Waals surface area contributed by atoms with Crippen LogP contribution in [0.15, 0.2) is 10.9 Å². The summed E-state index contributed by atoms with van der Waals surface area (Å²) in [4.78, 5) is 14.0. The van der Waals surface area contributed by atoms with E-state index in [0.29, 0.717) is 19.4 Å². The van der Waals surface area contributed by atoms with Crippen molar-refractivity contribution in [1.82, 2.24) is 4.98 Å². The fourth-order valence-corrected chi connectivity index (χ4v) is 3.47. The van der Waals surface area contributed by atoms with Crippen molar-refractivity contribution in [1.29, 1.82) is 0 Å². The maximum atomic E-state index is 9.87. The highest BCUT2D eigenvalue weighted by molar-refractivity contribution is 7.59. The normalized spacial score (nSPS) is 21.6. The molecule has 1 fully saturated rings. The summed E-state index contributed by atoms with van der Waals surface area (Å²) in [5, 5.41) is 1.90. The number of hydrogen-bond acceptors (Lipinski definition) is 5. The quantitative estimate of drug-likeness (QED) is 0.772. The fourth-order valence-electron chi connectivity index (χ4n) is 1.12. The Labute approximate surface area is 81.1 Å². The monoisotopic (exact) mass is 220 g/mol. The van der Waals surface area contributed by atoms with Crippen LogP contribution in [0.2, 0.25) is 0 Å². The van der Waals surface area contributed by atoms with Gasteiger partial charge in [-0.25, -0.2) is 4.98 Å². The third kappa shape index (κ3) is 2.45. The van der Waals surface area contributed by atoms with E-state index in [1.807, 2.05) is 5.38 Å². The summed E-state index contributed by atoms with van der Waals surface area (Å²) in [5.74, 6) is 0. The zero-order valence-corrected chi connectivity index (χ0v) is 8.76. The molecule has 1 N–H and O–H groups in total. The van der Waals surface area contributed by atoms with E-state index in [4.69, 9.17) is 9.05 Å². The second kappa shape index (κ2) is 3.98. The summed E-state index contributed by atoms with van der Waals surface area (Å²) < 4.78 is 10.5. The van der Waals surface area contributed by atoms with Gasteiger partial charge in [-0.2, -0.15) is 13.9 Å². The first-order valence-corrected chi connectivity index (χ1v) is 6.76. The Morgan fingerprint density at radius 2 is 2.31 bits per heavy atom. The lowest BCUT2D eigenvalue weighted by Gasteiger charge is -2.20. The molecule has 4 nitrogen and oxygen atoms in total. The van der Waals surface area contributed by atoms with Gasteiger partial charge in [0.2, 0.25) is 0 Å². The Balaban J connectivity index is 1.99. The predicted molar refractivity (Wildman–Crippen MR) is 51.5 cm³/mol. The van der Waals surface area contributed by atoms with Crippen LogP contribution in [0.4, 0.5) is 0 Å². The summed E-state index contributed by atoms with van der Waals surface area (Å²) >= 11 is 1.51. The second-order valence-corrected chi connectivity index (χ2v) is 5.62. The van der Waals surface area contributed by atoms with Crippen LogP contribution >= 0.6 is 19.3 Å². The molecule has 2 heterocycles. The molecule has 0 amide bonds. The maximum absolute atomic E-state index is 9.87. The van der Waals surface area contributed by atoms with Crippen molar-refractivity contribution in [3.63, 3.8) is 0 Å². The van der Waals surface area contributed by atoms with Crippen LogP contribution < -0.4 is 0 Å². The highest BCUT2D eigenvalue weighted by Gasteiger charge is 2.43. The number of rotatable bonds is 2. The van der Waals surface area contributed by atoms with Gasteiger partial charge in [0.05, 0.1) is 24.4 Å². The standard InChI is InChI=1S/C7H11NO3PS/c9-12(10-2-1-3-11-12)4-7-5-13-6-8-7/h5-6,9H,1-4H2/q+1. The molecular formula is C7H11NO3PS+. The molecule has 1 aromatic heterocycles. The molecule has 2 rings (SSSR count). The molecule has 0 unspecified atom stereocenters. The van der Waals surface area contributed by atoms with Gasteiger partial charge >= 0.3 is 7.94 Å². The van der Waals surface area contributed by atoms with Crippen molar-refractivity contribution in [2.75, 3.05) is 13.2 Å². The minimum atomic E-state index is -2.61. The van der Waals surface area contributed by atoms with Gasteiger partial charge in [-0.1, -0.05) is 0 Å². The van der Waals surface area contributed by atoms with E-state index < -0.39 is 7.94 Å². The van der Waals surface area contributed by atoms with Crippen molar-refractivity contribution < 1.29 is 13.9 Å². The van der Waals surface area contributed by atoms with Gasteiger partial charge < -0.3 is 0 Å². The van der Waals surface area contributed by atoms with Crippen LogP contribution in [0.25, 0.3) is 0 Å². The van der Waals surface area contributed by atoms with Crippen LogP contribution in [-0.2, 0) is 15.2 Å². The van der Waals surface area contributed by atoms with Gasteiger partial charge in [0.25, 0.3) is 0 Å². The number of aromatic nitrogens is 1. The SMILES string of the molecule is O[P+]1(Cc2cscn2)OCCCO1. The number of hydrogen-bond donors (Lipinski definition) is 1. The summed E-state index contributed by atoms with van der Waals surface area (Å²) in [5.41, 5.74) is 2.59. The van der Waals surface area contributed by atoms with Crippen molar-refractivity contribution in [2.24, 2.45) is 0 Å². The highest BCUT2D eigenvalue weighted by atomic mass is 32.1. The summed E-state index contributed by atoms with van der Waals surface area (Å²) in [6, 6.07) is 0. The van der Waals surface area contributed by atoms with Gasteiger partial charge in [0.1, 0.15) is 0 Å². The molecule has 6 heteroatoms. The average molecular weight is 220 g/mol. The van der Waals surface area contributed by atoms with Crippen LogP contribution in [0.1, 0.15) is 12.1 Å². The Bertz CT molecular complexity index is 261. The maximum Gasteiger partial charge on any atom is 0.415 e. The smallest absolute Gasteiger partial charge is 0.246 e. The van der Waals surface area contributed by atoms with E-state index in [0.717, 1.165) is 12.1 Å². The molecule has 0 saturated carbocycles. The molecule has 1 saturated heterocycles. The van der Waals surface area contributed by atoms with Gasteiger partial charge in [0, 0.05) is 11.8 Å². The Kier molecular flexibility index (Phi) is 2.91. The number of thiazole rings is 1. The summed E-state index contributed by atoms with van der Waals surface area (Å²) in [7, 11) is -2.61. The Hall–Kier alpha value is -0.0600. The molecule has 0 aliphatic carbocycles. The topological polar surface area (TPSA) is 51.6 Å². The first-order valence-electron chi connectivity index (χ1n) is 4.05. The van der Waals surface area contributed by atoms with E-state index in [2.05, 4.69) is 4.98 Å². The molecule has 72 valence electrons. The van der Waals surface area contributed by atoms with Crippen LogP contribution in [0, 0.1) is 0 Å². The zero-order valence-electron chi connectivity index (χ0n) is 7.05. The van der Waals surface area contributed by atoms with E-state index >= 15 is 0 Å². The predicted octanol–water partition coefficient (Wildman–Crippen LogP) is 1.83. The van der Waals surface area contributed by atoms with Gasteiger partial charge in [-0.15, -0.1) is 11.3 Å². The van der Waals surface area contributed by atoms with Gasteiger partial charge in [-0.05, 0) is 0 Å². The molecule has 0 radical (unpaired) electrons. The number of nitrogens with zero attached hydrogens (tertiary/aromatic N) is 1. The Morgan fingerprint density at radius 3 is 2.92 bits per heavy atom. The third-order valence-corrected chi connectivity index (χ3v) is 4.25. The minimum Gasteiger partial charge on any atom is -0.246 e. The molecule has 1 aromatic rings. The van der Waals surface area contributed by atoms with Crippen molar-refractivity contribution in [3.8, 4) is 0 Å². The van der Waals surface area contributed by atoms with E-state index in [-0.39, 0.29) is 0 Å². The van der Waals surface area contributed by atoms with Crippen molar-refractivity contribution in [3.05, 3.63) is 16.6 Å². The van der Waals surface area contributed by atoms with Gasteiger partial charge in [-0.3, -0.25) is 0 Å². The minimum absolute atomic E-state index is 0.413. The molecule has 0 aromatic carbocycles. The summed E-state index contributed by atoms with van der Waals surface area (Å²) in [6.07, 6.45) is 1.27. The molecule has 0 bridgehead atoms. The second-order valence-electron chi connectivity index (χ2n) is 2.80. The molecule has 0 spiro atoms. The van der Waals surface area contributed by atoms with Crippen LogP contribution in [0.3, 0.4) is 0 Å². The first kappa shape index (κ1) is 9.49. The molecule has 0 atom stereocenters. The Morgan fingerprint density at radius 1 is 1.54 bits per heavy atom. The average Bonchev–Trinajstić information content (AvgIpc) is 2.57. The molecular weight excluding hydrogens is 209 g/mol. The highest BCUT2D eigenvalue weighted by Crippen LogP contribution is 2.61.